The number of ether oxygens (including phenoxy) is 3. The van der Waals surface area contributed by atoms with E-state index in [1.807, 2.05) is 28.8 Å². The van der Waals surface area contributed by atoms with Gasteiger partial charge in [0, 0.05) is 31.5 Å². The summed E-state index contributed by atoms with van der Waals surface area (Å²) in [6.45, 7) is 6.70. The summed E-state index contributed by atoms with van der Waals surface area (Å²) < 4.78 is 17.5. The van der Waals surface area contributed by atoms with Crippen molar-refractivity contribution >= 4 is 34.3 Å². The Bertz CT molecular complexity index is 1160. The van der Waals surface area contributed by atoms with E-state index in [0.717, 1.165) is 17.7 Å². The predicted molar refractivity (Wildman–Crippen MR) is 132 cm³/mol. The Morgan fingerprint density at radius 1 is 1.06 bits per heavy atom. The fourth-order valence-corrected chi connectivity index (χ4v) is 3.71. The lowest BCUT2D eigenvalue weighted by molar-refractivity contribution is -0.114. The SMILES string of the molecule is COC(=O)c1c(NC(C)=O)c2cc(NCc3cc(OC)cc(OC)c3)cnc2n1CCC(C)C. The Kier molecular flexibility index (Phi) is 7.99. The molecule has 0 saturated heterocycles. The van der Waals surface area contributed by atoms with E-state index in [1.54, 1.807) is 20.4 Å². The van der Waals surface area contributed by atoms with E-state index in [4.69, 9.17) is 14.2 Å². The molecular formula is C25H32N4O5. The molecule has 0 aliphatic heterocycles. The van der Waals surface area contributed by atoms with Crippen LogP contribution in [0.1, 0.15) is 43.2 Å². The maximum absolute atomic E-state index is 12.7. The molecule has 1 aromatic carbocycles. The van der Waals surface area contributed by atoms with E-state index >= 15 is 0 Å². The Morgan fingerprint density at radius 3 is 2.29 bits per heavy atom. The number of pyridine rings is 1. The van der Waals surface area contributed by atoms with Crippen molar-refractivity contribution < 1.29 is 23.8 Å². The maximum Gasteiger partial charge on any atom is 0.356 e. The van der Waals surface area contributed by atoms with Gasteiger partial charge in [0.25, 0.3) is 0 Å². The standard InChI is InChI=1S/C25H32N4O5/c1-15(2)7-8-29-23(25(31)34-6)22(28-16(3)30)21-11-18(14-27-24(21)29)26-13-17-9-19(32-4)12-20(10-17)33-5/h9-12,14-15,26H,7-8,13H2,1-6H3,(H,28,30). The van der Waals surface area contributed by atoms with Gasteiger partial charge in [-0.1, -0.05) is 13.8 Å². The number of anilines is 2. The number of carbonyl (C=O) groups is 2. The highest BCUT2D eigenvalue weighted by Crippen LogP contribution is 2.33. The fourth-order valence-electron chi connectivity index (χ4n) is 3.71. The van der Waals surface area contributed by atoms with Crippen LogP contribution in [0, 0.1) is 5.92 Å². The molecule has 0 bridgehead atoms. The van der Waals surface area contributed by atoms with Gasteiger partial charge in [-0.25, -0.2) is 9.78 Å². The number of nitrogens with one attached hydrogen (secondary N) is 2. The number of rotatable bonds is 10. The van der Waals surface area contributed by atoms with E-state index in [1.165, 1.54) is 14.0 Å². The van der Waals surface area contributed by atoms with Crippen LogP contribution in [0.15, 0.2) is 30.5 Å². The number of nitrogens with zero attached hydrogens (tertiary/aromatic N) is 2. The highest BCUT2D eigenvalue weighted by molar-refractivity contribution is 6.10. The van der Waals surface area contributed by atoms with Crippen molar-refractivity contribution in [3.05, 3.63) is 41.7 Å². The van der Waals surface area contributed by atoms with Gasteiger partial charge in [0.2, 0.25) is 5.91 Å². The van der Waals surface area contributed by atoms with Crippen LogP contribution >= 0.6 is 0 Å². The molecule has 0 aliphatic rings. The molecule has 0 fully saturated rings. The summed E-state index contributed by atoms with van der Waals surface area (Å²) in [5, 5.41) is 6.82. The number of fused-ring (bicyclic) bond motifs is 1. The van der Waals surface area contributed by atoms with Crippen molar-refractivity contribution in [2.24, 2.45) is 5.92 Å². The van der Waals surface area contributed by atoms with Gasteiger partial charge in [-0.05, 0) is 36.1 Å². The summed E-state index contributed by atoms with van der Waals surface area (Å²) in [6, 6.07) is 7.53. The number of benzene rings is 1. The molecule has 9 nitrogen and oxygen atoms in total. The Morgan fingerprint density at radius 2 is 1.74 bits per heavy atom. The summed E-state index contributed by atoms with van der Waals surface area (Å²) in [4.78, 5) is 29.3. The van der Waals surface area contributed by atoms with Gasteiger partial charge in [-0.15, -0.1) is 0 Å². The van der Waals surface area contributed by atoms with E-state index in [9.17, 15) is 9.59 Å². The molecule has 2 N–H and O–H groups in total. The minimum absolute atomic E-state index is 0.282. The first kappa shape index (κ1) is 24.9. The predicted octanol–water partition coefficient (Wildman–Crippen LogP) is 4.46. The largest absolute Gasteiger partial charge is 0.497 e. The second-order valence-electron chi connectivity index (χ2n) is 8.40. The molecular weight excluding hydrogens is 436 g/mol. The summed E-state index contributed by atoms with van der Waals surface area (Å²) in [5.41, 5.74) is 2.99. The van der Waals surface area contributed by atoms with Crippen LogP contribution in [0.2, 0.25) is 0 Å². The van der Waals surface area contributed by atoms with Crippen LogP contribution in [0.25, 0.3) is 11.0 Å². The van der Waals surface area contributed by atoms with Crippen molar-refractivity contribution in [2.45, 2.75) is 40.3 Å². The van der Waals surface area contributed by atoms with Crippen LogP contribution in [0.5, 0.6) is 11.5 Å². The number of hydrogen-bond acceptors (Lipinski definition) is 7. The van der Waals surface area contributed by atoms with Gasteiger partial charge in [0.1, 0.15) is 17.1 Å². The zero-order valence-corrected chi connectivity index (χ0v) is 20.5. The first-order valence-corrected chi connectivity index (χ1v) is 11.1. The average Bonchev–Trinajstić information content (AvgIpc) is 3.12. The molecule has 0 atom stereocenters. The lowest BCUT2D eigenvalue weighted by atomic mass is 10.1. The number of amides is 1. The Hall–Kier alpha value is -3.75. The van der Waals surface area contributed by atoms with Crippen molar-refractivity contribution in [2.75, 3.05) is 32.0 Å². The van der Waals surface area contributed by atoms with Crippen molar-refractivity contribution in [3.63, 3.8) is 0 Å². The first-order valence-electron chi connectivity index (χ1n) is 11.1. The van der Waals surface area contributed by atoms with Gasteiger partial charge in [-0.2, -0.15) is 0 Å². The number of methoxy groups -OCH3 is 3. The monoisotopic (exact) mass is 468 g/mol. The summed E-state index contributed by atoms with van der Waals surface area (Å²) in [6.07, 6.45) is 2.55. The van der Waals surface area contributed by atoms with Crippen LogP contribution in [-0.4, -0.2) is 42.8 Å². The number of carbonyl (C=O) groups excluding carboxylic acids is 2. The molecule has 0 saturated carbocycles. The number of hydrogen-bond donors (Lipinski definition) is 2. The molecule has 182 valence electrons. The molecule has 0 aliphatic carbocycles. The lowest BCUT2D eigenvalue weighted by Gasteiger charge is -2.12. The highest BCUT2D eigenvalue weighted by Gasteiger charge is 2.25. The van der Waals surface area contributed by atoms with Crippen LogP contribution in [0.3, 0.4) is 0 Å². The van der Waals surface area contributed by atoms with Crippen LogP contribution < -0.4 is 20.1 Å². The van der Waals surface area contributed by atoms with Gasteiger partial charge in [0.05, 0.1) is 38.9 Å². The Labute approximate surface area is 199 Å². The third-order valence-electron chi connectivity index (χ3n) is 5.42. The minimum Gasteiger partial charge on any atom is -0.497 e. The molecule has 9 heteroatoms. The molecule has 0 unspecified atom stereocenters. The third-order valence-corrected chi connectivity index (χ3v) is 5.42. The quantitative estimate of drug-likeness (QED) is 0.424. The van der Waals surface area contributed by atoms with Gasteiger partial charge in [0.15, 0.2) is 5.69 Å². The molecule has 3 rings (SSSR count). The molecule has 1 amide bonds. The second-order valence-corrected chi connectivity index (χ2v) is 8.40. The van der Waals surface area contributed by atoms with E-state index < -0.39 is 5.97 Å². The molecule has 2 aromatic heterocycles. The van der Waals surface area contributed by atoms with E-state index in [0.29, 0.717) is 47.2 Å². The normalized spacial score (nSPS) is 10.9. The number of aromatic nitrogens is 2. The average molecular weight is 469 g/mol. The summed E-state index contributed by atoms with van der Waals surface area (Å²) in [7, 11) is 4.54. The van der Waals surface area contributed by atoms with Crippen molar-refractivity contribution in [1.82, 2.24) is 9.55 Å². The van der Waals surface area contributed by atoms with Crippen molar-refractivity contribution in [3.8, 4) is 11.5 Å². The molecule has 0 radical (unpaired) electrons. The summed E-state index contributed by atoms with van der Waals surface area (Å²) >= 11 is 0. The van der Waals surface area contributed by atoms with Crippen LogP contribution in [-0.2, 0) is 22.6 Å². The Balaban J connectivity index is 2.03. The van der Waals surface area contributed by atoms with Crippen molar-refractivity contribution in [1.29, 1.82) is 0 Å². The molecule has 34 heavy (non-hydrogen) atoms. The zero-order valence-electron chi connectivity index (χ0n) is 20.5. The third kappa shape index (κ3) is 5.59. The second kappa shape index (κ2) is 10.9. The molecule has 2 heterocycles. The highest BCUT2D eigenvalue weighted by atomic mass is 16.5. The fraction of sp³-hybridized carbons (Fsp3) is 0.400. The van der Waals surface area contributed by atoms with Gasteiger partial charge in [-0.3, -0.25) is 4.79 Å². The first-order chi connectivity index (χ1) is 16.3. The number of aryl methyl sites for hydroxylation is 1. The van der Waals surface area contributed by atoms with Gasteiger partial charge < -0.3 is 29.4 Å². The smallest absolute Gasteiger partial charge is 0.356 e. The van der Waals surface area contributed by atoms with Gasteiger partial charge >= 0.3 is 5.97 Å². The summed E-state index contributed by atoms with van der Waals surface area (Å²) in [5.74, 6) is 1.01. The lowest BCUT2D eigenvalue weighted by Crippen LogP contribution is -2.16. The minimum atomic E-state index is -0.525. The topological polar surface area (TPSA) is 104 Å². The zero-order chi connectivity index (χ0) is 24.8. The van der Waals surface area contributed by atoms with E-state index in [2.05, 4.69) is 29.5 Å². The van der Waals surface area contributed by atoms with E-state index in [-0.39, 0.29) is 11.6 Å². The number of esters is 1. The van der Waals surface area contributed by atoms with Crippen LogP contribution in [0.4, 0.5) is 11.4 Å². The molecule has 0 spiro atoms. The molecule has 3 aromatic rings. The maximum atomic E-state index is 12.7.